The fourth-order valence-electron chi connectivity index (χ4n) is 2.80. The van der Waals surface area contributed by atoms with Crippen LogP contribution in [0.4, 0.5) is 0 Å². The van der Waals surface area contributed by atoms with Gasteiger partial charge in [0.2, 0.25) is 0 Å². The molecule has 1 aromatic carbocycles. The average molecular weight is 325 g/mol. The van der Waals surface area contributed by atoms with Gasteiger partial charge in [-0.3, -0.25) is 9.59 Å². The van der Waals surface area contributed by atoms with Crippen molar-refractivity contribution in [2.45, 2.75) is 38.6 Å². The summed E-state index contributed by atoms with van der Waals surface area (Å²) in [5, 5.41) is 0.398. The summed E-state index contributed by atoms with van der Waals surface area (Å²) in [4.78, 5) is 25.6. The number of amides is 2. The van der Waals surface area contributed by atoms with Gasteiger partial charge in [-0.05, 0) is 43.9 Å². The number of primary amides is 1. The highest BCUT2D eigenvalue weighted by molar-refractivity contribution is 6.31. The Balaban J connectivity index is 2.03. The van der Waals surface area contributed by atoms with E-state index in [0.29, 0.717) is 5.02 Å². The van der Waals surface area contributed by atoms with Gasteiger partial charge < -0.3 is 15.4 Å². The molecule has 0 saturated carbocycles. The van der Waals surface area contributed by atoms with Crippen LogP contribution < -0.4 is 10.5 Å². The molecule has 120 valence electrons. The average Bonchev–Trinajstić information content (AvgIpc) is 2.53. The molecule has 2 amide bonds. The minimum Gasteiger partial charge on any atom is -0.483 e. The zero-order valence-electron chi connectivity index (χ0n) is 12.7. The van der Waals surface area contributed by atoms with Crippen LogP contribution in [0.3, 0.4) is 0 Å². The van der Waals surface area contributed by atoms with Gasteiger partial charge in [-0.25, -0.2) is 0 Å². The summed E-state index contributed by atoms with van der Waals surface area (Å²) >= 11 is 5.84. The maximum Gasteiger partial charge on any atom is 0.260 e. The number of benzene rings is 1. The van der Waals surface area contributed by atoms with Crippen LogP contribution in [0.2, 0.25) is 5.02 Å². The first-order valence-electron chi connectivity index (χ1n) is 7.54. The first kappa shape index (κ1) is 16.6. The summed E-state index contributed by atoms with van der Waals surface area (Å²) in [6, 6.07) is 4.89. The van der Waals surface area contributed by atoms with Gasteiger partial charge in [0.25, 0.3) is 11.8 Å². The molecule has 0 bridgehead atoms. The third-order valence-electron chi connectivity index (χ3n) is 3.98. The number of likely N-dealkylation sites (tertiary alicyclic amines) is 1. The molecule has 0 aromatic heterocycles. The topological polar surface area (TPSA) is 72.6 Å². The van der Waals surface area contributed by atoms with Crippen molar-refractivity contribution in [2.24, 2.45) is 5.73 Å². The van der Waals surface area contributed by atoms with E-state index in [2.05, 4.69) is 6.92 Å². The molecule has 1 aliphatic rings. The second-order valence-corrected chi connectivity index (χ2v) is 5.87. The van der Waals surface area contributed by atoms with Gasteiger partial charge in [0.1, 0.15) is 5.75 Å². The minimum atomic E-state index is -0.630. The van der Waals surface area contributed by atoms with Crippen LogP contribution in [-0.4, -0.2) is 35.9 Å². The molecule has 1 fully saturated rings. The zero-order chi connectivity index (χ0) is 16.1. The van der Waals surface area contributed by atoms with Gasteiger partial charge in [-0.1, -0.05) is 18.5 Å². The molecule has 1 aromatic rings. The SMILES string of the molecule is CC[C@@H]1CCCCN1C(=O)COc1ccc(Cl)cc1C(N)=O. The second-order valence-electron chi connectivity index (χ2n) is 5.44. The summed E-state index contributed by atoms with van der Waals surface area (Å²) in [5.41, 5.74) is 5.49. The number of hydrogen-bond donors (Lipinski definition) is 1. The maximum absolute atomic E-state index is 12.3. The van der Waals surface area contributed by atoms with E-state index in [1.165, 1.54) is 6.07 Å². The lowest BCUT2D eigenvalue weighted by atomic mass is 10.00. The highest BCUT2D eigenvalue weighted by Crippen LogP contribution is 2.23. The highest BCUT2D eigenvalue weighted by atomic mass is 35.5. The molecule has 0 aliphatic carbocycles. The van der Waals surface area contributed by atoms with Crippen molar-refractivity contribution in [1.29, 1.82) is 0 Å². The molecule has 1 atom stereocenters. The monoisotopic (exact) mass is 324 g/mol. The van der Waals surface area contributed by atoms with Crippen LogP contribution in [0.5, 0.6) is 5.75 Å². The van der Waals surface area contributed by atoms with Crippen molar-refractivity contribution in [1.82, 2.24) is 4.90 Å². The van der Waals surface area contributed by atoms with Crippen LogP contribution in [-0.2, 0) is 4.79 Å². The van der Waals surface area contributed by atoms with Crippen molar-refractivity contribution in [3.8, 4) is 5.75 Å². The molecule has 2 N–H and O–H groups in total. The van der Waals surface area contributed by atoms with Crippen molar-refractivity contribution in [3.05, 3.63) is 28.8 Å². The smallest absolute Gasteiger partial charge is 0.260 e. The van der Waals surface area contributed by atoms with E-state index < -0.39 is 5.91 Å². The number of rotatable bonds is 5. The number of piperidine rings is 1. The van der Waals surface area contributed by atoms with Crippen molar-refractivity contribution >= 4 is 23.4 Å². The van der Waals surface area contributed by atoms with Crippen LogP contribution in [0, 0.1) is 0 Å². The van der Waals surface area contributed by atoms with Crippen LogP contribution in [0.15, 0.2) is 18.2 Å². The van der Waals surface area contributed by atoms with Crippen molar-refractivity contribution < 1.29 is 14.3 Å². The lowest BCUT2D eigenvalue weighted by molar-refractivity contribution is -0.137. The highest BCUT2D eigenvalue weighted by Gasteiger charge is 2.25. The standard InChI is InChI=1S/C16H21ClN2O3/c1-2-12-5-3-4-8-19(12)15(20)10-22-14-7-6-11(17)9-13(14)16(18)21/h6-7,9,12H,2-5,8,10H2,1H3,(H2,18,21)/t12-/m1/s1. The number of hydrogen-bond acceptors (Lipinski definition) is 3. The Morgan fingerprint density at radius 1 is 1.41 bits per heavy atom. The molecule has 5 nitrogen and oxygen atoms in total. The zero-order valence-corrected chi connectivity index (χ0v) is 13.4. The first-order valence-corrected chi connectivity index (χ1v) is 7.92. The van der Waals surface area contributed by atoms with Crippen LogP contribution >= 0.6 is 11.6 Å². The Morgan fingerprint density at radius 2 is 2.18 bits per heavy atom. The number of nitrogens with two attached hydrogens (primary N) is 1. The molecule has 22 heavy (non-hydrogen) atoms. The van der Waals surface area contributed by atoms with Gasteiger partial charge >= 0.3 is 0 Å². The number of carbonyl (C=O) groups is 2. The number of nitrogens with zero attached hydrogens (tertiary/aromatic N) is 1. The molecule has 1 heterocycles. The quantitative estimate of drug-likeness (QED) is 0.904. The Kier molecular flexibility index (Phi) is 5.66. The summed E-state index contributed by atoms with van der Waals surface area (Å²) in [5.74, 6) is -0.401. The molecule has 1 aliphatic heterocycles. The Bertz CT molecular complexity index is 562. The summed E-state index contributed by atoms with van der Waals surface area (Å²) in [7, 11) is 0. The van der Waals surface area contributed by atoms with Gasteiger partial charge in [-0.2, -0.15) is 0 Å². The molecule has 0 unspecified atom stereocenters. The fourth-order valence-corrected chi connectivity index (χ4v) is 2.97. The van der Waals surface area contributed by atoms with E-state index >= 15 is 0 Å². The van der Waals surface area contributed by atoms with Crippen molar-refractivity contribution in [3.63, 3.8) is 0 Å². The van der Waals surface area contributed by atoms with E-state index in [0.717, 1.165) is 32.2 Å². The van der Waals surface area contributed by atoms with E-state index in [1.54, 1.807) is 12.1 Å². The predicted octanol–water partition coefficient (Wildman–Crippen LogP) is 2.61. The number of halogens is 1. The summed E-state index contributed by atoms with van der Waals surface area (Å²) in [6.45, 7) is 2.75. The second kappa shape index (κ2) is 7.49. The molecule has 0 spiro atoms. The largest absolute Gasteiger partial charge is 0.483 e. The Labute approximate surface area is 135 Å². The lowest BCUT2D eigenvalue weighted by Crippen LogP contribution is -2.45. The maximum atomic E-state index is 12.3. The Hall–Kier alpha value is -1.75. The van der Waals surface area contributed by atoms with Crippen LogP contribution in [0.1, 0.15) is 43.0 Å². The molecular formula is C16H21ClN2O3. The van der Waals surface area contributed by atoms with E-state index in [4.69, 9.17) is 22.1 Å². The lowest BCUT2D eigenvalue weighted by Gasteiger charge is -2.35. The third kappa shape index (κ3) is 3.91. The van der Waals surface area contributed by atoms with Crippen LogP contribution in [0.25, 0.3) is 0 Å². The predicted molar refractivity (Wildman–Crippen MR) is 85.1 cm³/mol. The minimum absolute atomic E-state index is 0.0584. The van der Waals surface area contributed by atoms with E-state index in [-0.39, 0.29) is 29.9 Å². The summed E-state index contributed by atoms with van der Waals surface area (Å²) < 4.78 is 5.51. The van der Waals surface area contributed by atoms with Gasteiger partial charge in [0.05, 0.1) is 5.56 Å². The number of carbonyl (C=O) groups excluding carboxylic acids is 2. The summed E-state index contributed by atoms with van der Waals surface area (Å²) in [6.07, 6.45) is 4.16. The molecule has 1 saturated heterocycles. The number of ether oxygens (including phenoxy) is 1. The molecule has 6 heteroatoms. The van der Waals surface area contributed by atoms with Gasteiger partial charge in [0.15, 0.2) is 6.61 Å². The first-order chi connectivity index (χ1) is 10.5. The van der Waals surface area contributed by atoms with Crippen molar-refractivity contribution in [2.75, 3.05) is 13.2 Å². The fraction of sp³-hybridized carbons (Fsp3) is 0.500. The molecule has 0 radical (unpaired) electrons. The Morgan fingerprint density at radius 3 is 2.86 bits per heavy atom. The molecular weight excluding hydrogens is 304 g/mol. The van der Waals surface area contributed by atoms with Gasteiger partial charge in [0, 0.05) is 17.6 Å². The molecule has 2 rings (SSSR count). The van der Waals surface area contributed by atoms with Gasteiger partial charge in [-0.15, -0.1) is 0 Å². The van der Waals surface area contributed by atoms with E-state index in [9.17, 15) is 9.59 Å². The third-order valence-corrected chi connectivity index (χ3v) is 4.21. The van der Waals surface area contributed by atoms with E-state index in [1.807, 2.05) is 4.90 Å². The normalized spacial score (nSPS) is 18.1.